The van der Waals surface area contributed by atoms with Gasteiger partial charge in [-0.15, -0.1) is 0 Å². The molecule has 2 N–H and O–H groups in total. The van der Waals surface area contributed by atoms with E-state index < -0.39 is 16.1 Å². The molecule has 28 heavy (non-hydrogen) atoms. The first kappa shape index (κ1) is 21.9. The maximum atomic E-state index is 12.7. The molecule has 0 aliphatic rings. The molecule has 0 unspecified atom stereocenters. The van der Waals surface area contributed by atoms with Gasteiger partial charge in [-0.05, 0) is 63.4 Å². The van der Waals surface area contributed by atoms with Gasteiger partial charge in [-0.3, -0.25) is 4.79 Å². The number of amides is 1. The van der Waals surface area contributed by atoms with Crippen LogP contribution in [0.4, 0.5) is 11.4 Å². The highest BCUT2D eigenvalue weighted by Crippen LogP contribution is 2.24. The summed E-state index contributed by atoms with van der Waals surface area (Å²) in [5.74, 6) is -0.187. The van der Waals surface area contributed by atoms with Crippen molar-refractivity contribution >= 4 is 27.3 Å². The molecule has 0 spiro atoms. The lowest BCUT2D eigenvalue weighted by molar-refractivity contribution is -0.116. The van der Waals surface area contributed by atoms with Crippen molar-refractivity contribution in [2.24, 2.45) is 0 Å². The van der Waals surface area contributed by atoms with Crippen LogP contribution in [-0.2, 0) is 14.8 Å². The molecule has 7 heteroatoms. The van der Waals surface area contributed by atoms with Gasteiger partial charge in [0, 0.05) is 25.5 Å². The minimum absolute atomic E-state index is 0.187. The standard InChI is InChI=1S/C21H29N3O3S/c1-13-10-15(3)20(16(4)11-13)23-21(25)17(5)22-18-9-8-14(2)19(12-18)28(26,27)24(6)7/h8-12,17,22H,1-7H3,(H,23,25)/t17-/m0/s1. The second-order valence-corrected chi connectivity index (χ2v) is 9.52. The fourth-order valence-electron chi connectivity index (χ4n) is 3.09. The Labute approximate surface area is 168 Å². The maximum Gasteiger partial charge on any atom is 0.246 e. The molecule has 0 aliphatic heterocycles. The molecule has 2 aromatic rings. The summed E-state index contributed by atoms with van der Waals surface area (Å²) in [7, 11) is -0.563. The molecular weight excluding hydrogens is 374 g/mol. The van der Waals surface area contributed by atoms with Crippen molar-refractivity contribution in [3.05, 3.63) is 52.6 Å². The zero-order valence-electron chi connectivity index (χ0n) is 17.5. The number of hydrogen-bond donors (Lipinski definition) is 2. The number of nitrogens with zero attached hydrogens (tertiary/aromatic N) is 1. The number of nitrogens with one attached hydrogen (secondary N) is 2. The van der Waals surface area contributed by atoms with Gasteiger partial charge in [0.15, 0.2) is 0 Å². The molecule has 0 fully saturated rings. The zero-order valence-corrected chi connectivity index (χ0v) is 18.4. The van der Waals surface area contributed by atoms with Gasteiger partial charge in [0.1, 0.15) is 6.04 Å². The molecule has 6 nitrogen and oxygen atoms in total. The Bertz CT molecular complexity index is 975. The van der Waals surface area contributed by atoms with Crippen LogP contribution >= 0.6 is 0 Å². The number of hydrogen-bond acceptors (Lipinski definition) is 4. The van der Waals surface area contributed by atoms with Crippen LogP contribution in [0.25, 0.3) is 0 Å². The highest BCUT2D eigenvalue weighted by Gasteiger charge is 2.21. The van der Waals surface area contributed by atoms with Crippen LogP contribution < -0.4 is 10.6 Å². The number of aryl methyl sites for hydroxylation is 4. The predicted octanol–water partition coefficient (Wildman–Crippen LogP) is 3.61. The quantitative estimate of drug-likeness (QED) is 0.772. The third-order valence-corrected chi connectivity index (χ3v) is 6.61. The van der Waals surface area contributed by atoms with E-state index in [4.69, 9.17) is 0 Å². The molecular formula is C21H29N3O3S. The van der Waals surface area contributed by atoms with Gasteiger partial charge in [0.05, 0.1) is 4.90 Å². The summed E-state index contributed by atoms with van der Waals surface area (Å²) in [6.45, 7) is 9.44. The SMILES string of the molecule is Cc1cc(C)c(NC(=O)[C@H](C)Nc2ccc(C)c(S(=O)(=O)N(C)C)c2)c(C)c1. The molecule has 0 bridgehead atoms. The summed E-state index contributed by atoms with van der Waals surface area (Å²) in [4.78, 5) is 12.9. The zero-order chi connectivity index (χ0) is 21.2. The van der Waals surface area contributed by atoms with Crippen molar-refractivity contribution in [2.75, 3.05) is 24.7 Å². The Balaban J connectivity index is 2.21. The van der Waals surface area contributed by atoms with Gasteiger partial charge < -0.3 is 10.6 Å². The van der Waals surface area contributed by atoms with Crippen LogP contribution in [-0.4, -0.2) is 38.8 Å². The number of rotatable bonds is 6. The van der Waals surface area contributed by atoms with Gasteiger partial charge in [-0.1, -0.05) is 23.8 Å². The van der Waals surface area contributed by atoms with Crippen LogP contribution in [0.1, 0.15) is 29.2 Å². The molecule has 0 aliphatic carbocycles. The van der Waals surface area contributed by atoms with Crippen molar-refractivity contribution in [3.8, 4) is 0 Å². The van der Waals surface area contributed by atoms with Crippen LogP contribution in [0.3, 0.4) is 0 Å². The number of anilines is 2. The van der Waals surface area contributed by atoms with Crippen LogP contribution in [0.2, 0.25) is 0 Å². The van der Waals surface area contributed by atoms with Crippen molar-refractivity contribution in [3.63, 3.8) is 0 Å². The summed E-state index contributed by atoms with van der Waals surface area (Å²) < 4.78 is 26.2. The molecule has 0 saturated heterocycles. The minimum atomic E-state index is -3.56. The average molecular weight is 404 g/mol. The second-order valence-electron chi connectivity index (χ2n) is 7.40. The van der Waals surface area contributed by atoms with Gasteiger partial charge in [0.25, 0.3) is 0 Å². The van der Waals surface area contributed by atoms with E-state index >= 15 is 0 Å². The van der Waals surface area contributed by atoms with E-state index in [0.29, 0.717) is 11.3 Å². The lowest BCUT2D eigenvalue weighted by atomic mass is 10.0. The van der Waals surface area contributed by atoms with E-state index in [-0.39, 0.29) is 10.8 Å². The van der Waals surface area contributed by atoms with E-state index in [1.54, 1.807) is 32.0 Å². The molecule has 0 heterocycles. The molecule has 0 aromatic heterocycles. The number of carbonyl (C=O) groups excluding carboxylic acids is 1. The van der Waals surface area contributed by atoms with Gasteiger partial charge in [0.2, 0.25) is 15.9 Å². The summed E-state index contributed by atoms with van der Waals surface area (Å²) in [5, 5.41) is 6.07. The number of carbonyl (C=O) groups is 1. The Morgan fingerprint density at radius 1 is 0.964 bits per heavy atom. The summed E-state index contributed by atoms with van der Waals surface area (Å²) in [6.07, 6.45) is 0. The summed E-state index contributed by atoms with van der Waals surface area (Å²) in [6, 6.07) is 8.58. The van der Waals surface area contributed by atoms with E-state index in [1.807, 2.05) is 32.9 Å². The number of sulfonamides is 1. The molecule has 2 rings (SSSR count). The van der Waals surface area contributed by atoms with Crippen molar-refractivity contribution in [1.82, 2.24) is 4.31 Å². The third-order valence-electron chi connectivity index (χ3n) is 4.65. The largest absolute Gasteiger partial charge is 0.374 e. The molecule has 1 amide bonds. The van der Waals surface area contributed by atoms with Gasteiger partial charge in [-0.2, -0.15) is 0 Å². The monoisotopic (exact) mass is 403 g/mol. The Morgan fingerprint density at radius 2 is 1.54 bits per heavy atom. The first-order valence-corrected chi connectivity index (χ1v) is 10.6. The fraction of sp³-hybridized carbons (Fsp3) is 0.381. The topological polar surface area (TPSA) is 78.5 Å². The van der Waals surface area contributed by atoms with Crippen molar-refractivity contribution in [2.45, 2.75) is 45.6 Å². The normalized spacial score (nSPS) is 12.7. The van der Waals surface area contributed by atoms with Gasteiger partial charge in [-0.25, -0.2) is 12.7 Å². The number of benzene rings is 2. The van der Waals surface area contributed by atoms with E-state index in [9.17, 15) is 13.2 Å². The molecule has 0 saturated carbocycles. The van der Waals surface area contributed by atoms with Crippen molar-refractivity contribution < 1.29 is 13.2 Å². The Morgan fingerprint density at radius 3 is 2.07 bits per heavy atom. The second kappa shape index (κ2) is 8.32. The third kappa shape index (κ3) is 4.72. The van der Waals surface area contributed by atoms with E-state index in [0.717, 1.165) is 22.4 Å². The first-order chi connectivity index (χ1) is 12.9. The highest BCUT2D eigenvalue weighted by atomic mass is 32.2. The highest BCUT2D eigenvalue weighted by molar-refractivity contribution is 7.89. The minimum Gasteiger partial charge on any atom is -0.374 e. The van der Waals surface area contributed by atoms with E-state index in [2.05, 4.69) is 10.6 Å². The smallest absolute Gasteiger partial charge is 0.246 e. The Kier molecular flexibility index (Phi) is 6.52. The first-order valence-electron chi connectivity index (χ1n) is 9.12. The molecule has 1 atom stereocenters. The average Bonchev–Trinajstić information content (AvgIpc) is 2.59. The van der Waals surface area contributed by atoms with Gasteiger partial charge >= 0.3 is 0 Å². The fourth-order valence-corrected chi connectivity index (χ4v) is 4.23. The van der Waals surface area contributed by atoms with Crippen LogP contribution in [0, 0.1) is 27.7 Å². The lowest BCUT2D eigenvalue weighted by Gasteiger charge is -2.19. The lowest BCUT2D eigenvalue weighted by Crippen LogP contribution is -2.32. The molecule has 0 radical (unpaired) electrons. The van der Waals surface area contributed by atoms with Crippen LogP contribution in [0.15, 0.2) is 35.2 Å². The van der Waals surface area contributed by atoms with Crippen molar-refractivity contribution in [1.29, 1.82) is 0 Å². The van der Waals surface area contributed by atoms with Crippen LogP contribution in [0.5, 0.6) is 0 Å². The molecule has 152 valence electrons. The summed E-state index contributed by atoms with van der Waals surface area (Å²) in [5.41, 5.74) is 5.20. The molecule has 2 aromatic carbocycles. The predicted molar refractivity (Wildman–Crippen MR) is 114 cm³/mol. The van der Waals surface area contributed by atoms with E-state index in [1.165, 1.54) is 18.4 Å². The Hall–Kier alpha value is -2.38. The summed E-state index contributed by atoms with van der Waals surface area (Å²) >= 11 is 0. The maximum absolute atomic E-state index is 12.7.